The fourth-order valence-corrected chi connectivity index (χ4v) is 8.11. The SMILES string of the molecule is CC(C)Cc1cccc(C2(c3cccc(-c4ccc(-c5nc(-c6ccccc6)nc(-c6ccccc6)n5)cc4)c3)c3ccccc3-c3ccccc32)c1. The molecule has 1 heterocycles. The van der Waals surface area contributed by atoms with Crippen molar-refractivity contribution in [2.45, 2.75) is 25.7 Å². The fraction of sp³-hybridized carbons (Fsp3) is 0.100. The van der Waals surface area contributed by atoms with Gasteiger partial charge in [0.2, 0.25) is 0 Å². The van der Waals surface area contributed by atoms with E-state index in [0.717, 1.165) is 28.7 Å². The Bertz CT molecular complexity index is 2450. The molecule has 0 unspecified atom stereocenters. The monoisotopic (exact) mass is 681 g/mol. The normalized spacial score (nSPS) is 12.7. The Balaban J connectivity index is 1.16. The van der Waals surface area contributed by atoms with Crippen molar-refractivity contribution < 1.29 is 0 Å². The predicted molar refractivity (Wildman–Crippen MR) is 217 cm³/mol. The number of nitrogens with zero attached hydrogens (tertiary/aromatic N) is 3. The first-order chi connectivity index (χ1) is 26.1. The third kappa shape index (κ3) is 5.85. The van der Waals surface area contributed by atoms with Crippen LogP contribution in [-0.4, -0.2) is 15.0 Å². The second kappa shape index (κ2) is 13.6. The van der Waals surface area contributed by atoms with Gasteiger partial charge in [0.15, 0.2) is 17.5 Å². The minimum Gasteiger partial charge on any atom is -0.208 e. The molecule has 0 aliphatic heterocycles. The van der Waals surface area contributed by atoms with E-state index in [1.165, 1.54) is 44.5 Å². The molecule has 0 saturated heterocycles. The quantitative estimate of drug-likeness (QED) is 0.160. The Hall–Kier alpha value is -6.45. The molecule has 0 bridgehead atoms. The second-order valence-electron chi connectivity index (χ2n) is 14.3. The van der Waals surface area contributed by atoms with Gasteiger partial charge in [-0.2, -0.15) is 0 Å². The lowest BCUT2D eigenvalue weighted by Gasteiger charge is -2.34. The van der Waals surface area contributed by atoms with Gasteiger partial charge in [0.25, 0.3) is 0 Å². The molecule has 0 N–H and O–H groups in total. The summed E-state index contributed by atoms with van der Waals surface area (Å²) in [6.07, 6.45) is 1.04. The van der Waals surface area contributed by atoms with Gasteiger partial charge in [-0.3, -0.25) is 0 Å². The summed E-state index contributed by atoms with van der Waals surface area (Å²) >= 11 is 0. The van der Waals surface area contributed by atoms with Crippen molar-refractivity contribution in [1.29, 1.82) is 0 Å². The molecule has 8 aromatic rings. The third-order valence-electron chi connectivity index (χ3n) is 10.4. The van der Waals surface area contributed by atoms with Crippen molar-refractivity contribution in [3.8, 4) is 56.4 Å². The molecule has 9 rings (SSSR count). The van der Waals surface area contributed by atoms with Crippen LogP contribution in [0.1, 0.15) is 41.7 Å². The zero-order valence-electron chi connectivity index (χ0n) is 29.9. The smallest absolute Gasteiger partial charge is 0.164 e. The van der Waals surface area contributed by atoms with E-state index >= 15 is 0 Å². The molecule has 0 amide bonds. The Morgan fingerprint density at radius 2 is 0.830 bits per heavy atom. The average Bonchev–Trinajstić information content (AvgIpc) is 3.52. The number of benzene rings is 7. The molecule has 1 aliphatic carbocycles. The van der Waals surface area contributed by atoms with Crippen LogP contribution in [0.25, 0.3) is 56.4 Å². The second-order valence-corrected chi connectivity index (χ2v) is 14.3. The van der Waals surface area contributed by atoms with Crippen molar-refractivity contribution in [2.24, 2.45) is 5.92 Å². The van der Waals surface area contributed by atoms with E-state index in [-0.39, 0.29) is 0 Å². The highest BCUT2D eigenvalue weighted by atomic mass is 15.0. The number of rotatable bonds is 8. The van der Waals surface area contributed by atoms with Crippen molar-refractivity contribution in [3.05, 3.63) is 210 Å². The van der Waals surface area contributed by atoms with Crippen LogP contribution < -0.4 is 0 Å². The van der Waals surface area contributed by atoms with Crippen molar-refractivity contribution in [1.82, 2.24) is 15.0 Å². The molecule has 3 nitrogen and oxygen atoms in total. The summed E-state index contributed by atoms with van der Waals surface area (Å²) in [5, 5.41) is 0. The van der Waals surface area contributed by atoms with Gasteiger partial charge >= 0.3 is 0 Å². The molecule has 1 aromatic heterocycles. The van der Waals surface area contributed by atoms with E-state index in [2.05, 4.69) is 135 Å². The highest BCUT2D eigenvalue weighted by Crippen LogP contribution is 2.56. The summed E-state index contributed by atoms with van der Waals surface area (Å²) in [6, 6.07) is 65.2. The van der Waals surface area contributed by atoms with Crippen LogP contribution in [-0.2, 0) is 11.8 Å². The minimum absolute atomic E-state index is 0.456. The lowest BCUT2D eigenvalue weighted by Crippen LogP contribution is -2.28. The van der Waals surface area contributed by atoms with Gasteiger partial charge in [-0.25, -0.2) is 15.0 Å². The summed E-state index contributed by atoms with van der Waals surface area (Å²) < 4.78 is 0. The van der Waals surface area contributed by atoms with Gasteiger partial charge in [0, 0.05) is 16.7 Å². The Morgan fingerprint density at radius 1 is 0.396 bits per heavy atom. The molecule has 3 heteroatoms. The van der Waals surface area contributed by atoms with Gasteiger partial charge in [0.1, 0.15) is 0 Å². The van der Waals surface area contributed by atoms with E-state index in [0.29, 0.717) is 23.4 Å². The van der Waals surface area contributed by atoms with Gasteiger partial charge in [-0.1, -0.05) is 190 Å². The maximum Gasteiger partial charge on any atom is 0.164 e. The van der Waals surface area contributed by atoms with Crippen LogP contribution in [0.15, 0.2) is 182 Å². The molecule has 53 heavy (non-hydrogen) atoms. The zero-order valence-corrected chi connectivity index (χ0v) is 29.9. The van der Waals surface area contributed by atoms with Crippen LogP contribution in [0.4, 0.5) is 0 Å². The summed E-state index contributed by atoms with van der Waals surface area (Å²) in [6.45, 7) is 4.59. The average molecular weight is 682 g/mol. The Morgan fingerprint density at radius 3 is 1.38 bits per heavy atom. The maximum absolute atomic E-state index is 4.96. The molecule has 7 aromatic carbocycles. The van der Waals surface area contributed by atoms with E-state index in [9.17, 15) is 0 Å². The first-order valence-electron chi connectivity index (χ1n) is 18.4. The first-order valence-corrected chi connectivity index (χ1v) is 18.4. The topological polar surface area (TPSA) is 38.7 Å². The Kier molecular flexibility index (Phi) is 8.32. The largest absolute Gasteiger partial charge is 0.208 e. The van der Waals surface area contributed by atoms with Crippen LogP contribution in [0, 0.1) is 5.92 Å². The first kappa shape index (κ1) is 32.5. The summed E-state index contributed by atoms with van der Waals surface area (Å²) in [7, 11) is 0. The molecule has 0 spiro atoms. The van der Waals surface area contributed by atoms with E-state index < -0.39 is 5.41 Å². The molecule has 0 radical (unpaired) electrons. The van der Waals surface area contributed by atoms with Crippen LogP contribution in [0.2, 0.25) is 0 Å². The lowest BCUT2D eigenvalue weighted by atomic mass is 9.67. The summed E-state index contributed by atoms with van der Waals surface area (Å²) in [4.78, 5) is 14.8. The Labute approximate surface area is 311 Å². The van der Waals surface area contributed by atoms with Gasteiger partial charge < -0.3 is 0 Å². The van der Waals surface area contributed by atoms with Gasteiger partial charge in [-0.15, -0.1) is 0 Å². The van der Waals surface area contributed by atoms with Gasteiger partial charge in [-0.05, 0) is 68.5 Å². The highest BCUT2D eigenvalue weighted by molar-refractivity contribution is 5.87. The molecule has 0 atom stereocenters. The summed E-state index contributed by atoms with van der Waals surface area (Å²) in [5.74, 6) is 2.54. The van der Waals surface area contributed by atoms with Crippen LogP contribution >= 0.6 is 0 Å². The standard InChI is InChI=1S/C50H39N3/c1-34(2)31-35-15-13-21-41(32-35)50(45-25-11-9-23-43(45)44-24-10-12-26-46(44)50)42-22-14-20-40(33-42)36-27-29-39(30-28-36)49-52-47(37-16-5-3-6-17-37)51-48(53-49)38-18-7-4-8-19-38/h3-30,32-34H,31H2,1-2H3. The van der Waals surface area contributed by atoms with Crippen LogP contribution in [0.5, 0.6) is 0 Å². The van der Waals surface area contributed by atoms with Crippen molar-refractivity contribution >= 4 is 0 Å². The van der Waals surface area contributed by atoms with E-state index in [4.69, 9.17) is 15.0 Å². The minimum atomic E-state index is -0.456. The number of aromatic nitrogens is 3. The van der Waals surface area contributed by atoms with Gasteiger partial charge in [0.05, 0.1) is 5.41 Å². The van der Waals surface area contributed by atoms with E-state index in [1.807, 2.05) is 60.7 Å². The highest BCUT2D eigenvalue weighted by Gasteiger charge is 2.46. The third-order valence-corrected chi connectivity index (χ3v) is 10.4. The molecular formula is C50H39N3. The number of hydrogen-bond acceptors (Lipinski definition) is 3. The predicted octanol–water partition coefficient (Wildman–Crippen LogP) is 12.1. The molecule has 0 fully saturated rings. The van der Waals surface area contributed by atoms with Crippen molar-refractivity contribution in [2.75, 3.05) is 0 Å². The molecule has 1 aliphatic rings. The number of hydrogen-bond donors (Lipinski definition) is 0. The number of fused-ring (bicyclic) bond motifs is 3. The fourth-order valence-electron chi connectivity index (χ4n) is 8.11. The van der Waals surface area contributed by atoms with Crippen molar-refractivity contribution in [3.63, 3.8) is 0 Å². The molecule has 0 saturated carbocycles. The van der Waals surface area contributed by atoms with E-state index in [1.54, 1.807) is 0 Å². The van der Waals surface area contributed by atoms with Crippen LogP contribution in [0.3, 0.4) is 0 Å². The lowest BCUT2D eigenvalue weighted by molar-refractivity contribution is 0.645. The molecule has 254 valence electrons. The molecular weight excluding hydrogens is 643 g/mol. The zero-order chi connectivity index (χ0) is 35.8. The maximum atomic E-state index is 4.96. The summed E-state index contributed by atoms with van der Waals surface area (Å²) in [5.41, 5.74) is 13.9.